The van der Waals surface area contributed by atoms with Crippen LogP contribution < -0.4 is 21.5 Å². The summed E-state index contributed by atoms with van der Waals surface area (Å²) in [6.07, 6.45) is -0.0321. The van der Waals surface area contributed by atoms with E-state index in [9.17, 15) is 14.4 Å². The van der Waals surface area contributed by atoms with Gasteiger partial charge in [-0.25, -0.2) is 0 Å². The molecule has 7 nitrogen and oxygen atoms in total. The van der Waals surface area contributed by atoms with Crippen molar-refractivity contribution in [2.24, 2.45) is 0 Å². The summed E-state index contributed by atoms with van der Waals surface area (Å²) in [4.78, 5) is 37.1. The van der Waals surface area contributed by atoms with Gasteiger partial charge in [-0.2, -0.15) is 0 Å². The molecule has 8 heteroatoms. The maximum Gasteiger partial charge on any atom is 0.257 e. The Bertz CT molecular complexity index is 916. The van der Waals surface area contributed by atoms with E-state index in [0.717, 1.165) is 27.4 Å². The second-order valence-corrected chi connectivity index (χ2v) is 7.81. The normalized spacial score (nSPS) is 15.2. The van der Waals surface area contributed by atoms with Crippen LogP contribution in [0.3, 0.4) is 0 Å². The molecule has 0 bridgehead atoms. The van der Waals surface area contributed by atoms with Crippen LogP contribution >= 0.6 is 11.8 Å². The quantitative estimate of drug-likeness (QED) is 0.580. The van der Waals surface area contributed by atoms with Crippen molar-refractivity contribution in [3.63, 3.8) is 0 Å². The highest BCUT2D eigenvalue weighted by atomic mass is 32.2. The van der Waals surface area contributed by atoms with Crippen LogP contribution in [-0.2, 0) is 14.4 Å². The Morgan fingerprint density at radius 3 is 2.61 bits per heavy atom. The van der Waals surface area contributed by atoms with Crippen LogP contribution in [0.1, 0.15) is 17.5 Å². The number of carbonyl (C=O) groups excluding carboxylic acids is 3. The maximum atomic E-state index is 12.1. The van der Waals surface area contributed by atoms with Crippen LogP contribution in [-0.4, -0.2) is 29.5 Å². The fourth-order valence-electron chi connectivity index (χ4n) is 2.82. The molecule has 28 heavy (non-hydrogen) atoms. The molecule has 3 amide bonds. The number of carbonyl (C=O) groups is 3. The smallest absolute Gasteiger partial charge is 0.257 e. The number of nitrogens with one attached hydrogen (secondary N) is 4. The summed E-state index contributed by atoms with van der Waals surface area (Å²) in [7, 11) is 0. The minimum atomic E-state index is -0.542. The SMILES string of the molecule is Cc1ccc(NCC(=O)NNC(=O)C[C@H]2Sc3ccccc3NC2=O)c(C)c1. The van der Waals surface area contributed by atoms with Crippen molar-refractivity contribution in [1.82, 2.24) is 10.9 Å². The maximum absolute atomic E-state index is 12.1. The summed E-state index contributed by atoms with van der Waals surface area (Å²) in [6, 6.07) is 13.3. The summed E-state index contributed by atoms with van der Waals surface area (Å²) >= 11 is 1.34. The Labute approximate surface area is 167 Å². The van der Waals surface area contributed by atoms with Gasteiger partial charge < -0.3 is 10.6 Å². The summed E-state index contributed by atoms with van der Waals surface area (Å²) in [6.45, 7) is 3.98. The zero-order valence-electron chi connectivity index (χ0n) is 15.7. The fraction of sp³-hybridized carbons (Fsp3) is 0.250. The Balaban J connectivity index is 1.44. The molecule has 1 atom stereocenters. The highest BCUT2D eigenvalue weighted by molar-refractivity contribution is 8.01. The van der Waals surface area contributed by atoms with E-state index in [1.807, 2.05) is 56.3 Å². The van der Waals surface area contributed by atoms with Gasteiger partial charge in [0, 0.05) is 17.0 Å². The van der Waals surface area contributed by atoms with Crippen molar-refractivity contribution >= 4 is 40.9 Å². The zero-order chi connectivity index (χ0) is 20.1. The Morgan fingerprint density at radius 1 is 1.07 bits per heavy atom. The molecule has 3 rings (SSSR count). The average molecular weight is 398 g/mol. The summed E-state index contributed by atoms with van der Waals surface area (Å²) in [5, 5.41) is 5.28. The van der Waals surface area contributed by atoms with Gasteiger partial charge in [-0.05, 0) is 37.6 Å². The van der Waals surface area contributed by atoms with Gasteiger partial charge in [-0.3, -0.25) is 25.2 Å². The van der Waals surface area contributed by atoms with Crippen LogP contribution in [0.4, 0.5) is 11.4 Å². The van der Waals surface area contributed by atoms with E-state index in [-0.39, 0.29) is 24.8 Å². The average Bonchev–Trinajstić information content (AvgIpc) is 2.66. The third-order valence-electron chi connectivity index (χ3n) is 4.24. The van der Waals surface area contributed by atoms with E-state index in [4.69, 9.17) is 0 Å². The largest absolute Gasteiger partial charge is 0.376 e. The molecular weight excluding hydrogens is 376 g/mol. The number of fused-ring (bicyclic) bond motifs is 1. The number of benzene rings is 2. The van der Waals surface area contributed by atoms with Gasteiger partial charge in [0.15, 0.2) is 0 Å². The zero-order valence-corrected chi connectivity index (χ0v) is 16.5. The third kappa shape index (κ3) is 5.04. The van der Waals surface area contributed by atoms with E-state index < -0.39 is 11.2 Å². The molecule has 146 valence electrons. The lowest BCUT2D eigenvalue weighted by molar-refractivity contribution is -0.128. The first kappa shape index (κ1) is 19.8. The minimum absolute atomic E-state index is 0.0240. The van der Waals surface area contributed by atoms with Crippen LogP contribution in [0.15, 0.2) is 47.4 Å². The van der Waals surface area contributed by atoms with Crippen molar-refractivity contribution in [3.05, 3.63) is 53.6 Å². The topological polar surface area (TPSA) is 99.3 Å². The summed E-state index contributed by atoms with van der Waals surface area (Å²) < 4.78 is 0. The number of anilines is 2. The number of hydrazine groups is 1. The molecule has 4 N–H and O–H groups in total. The van der Waals surface area contributed by atoms with Gasteiger partial charge in [0.2, 0.25) is 11.8 Å². The lowest BCUT2D eigenvalue weighted by Crippen LogP contribution is -2.46. The summed E-state index contributed by atoms with van der Waals surface area (Å²) in [5.41, 5.74) is 8.52. The first-order valence-electron chi connectivity index (χ1n) is 8.88. The monoisotopic (exact) mass is 398 g/mol. The molecule has 0 unspecified atom stereocenters. The van der Waals surface area contributed by atoms with Crippen LogP contribution in [0, 0.1) is 13.8 Å². The summed E-state index contributed by atoms with van der Waals surface area (Å²) in [5.74, 6) is -1.02. The predicted molar refractivity (Wildman–Crippen MR) is 110 cm³/mol. The molecular formula is C20H22N4O3S. The minimum Gasteiger partial charge on any atom is -0.376 e. The van der Waals surface area contributed by atoms with E-state index in [2.05, 4.69) is 21.5 Å². The number of aryl methyl sites for hydroxylation is 2. The molecule has 0 aliphatic carbocycles. The van der Waals surface area contributed by atoms with Gasteiger partial charge in [0.05, 0.1) is 17.5 Å². The van der Waals surface area contributed by atoms with Crippen LogP contribution in [0.2, 0.25) is 0 Å². The molecule has 0 saturated heterocycles. The molecule has 2 aromatic carbocycles. The molecule has 0 saturated carbocycles. The van der Waals surface area contributed by atoms with E-state index >= 15 is 0 Å². The van der Waals surface area contributed by atoms with Gasteiger partial charge in [-0.15, -0.1) is 11.8 Å². The van der Waals surface area contributed by atoms with Crippen molar-refractivity contribution in [2.75, 3.05) is 17.2 Å². The number of amides is 3. The van der Waals surface area contributed by atoms with Crippen LogP contribution in [0.25, 0.3) is 0 Å². The fourth-order valence-corrected chi connectivity index (χ4v) is 3.93. The molecule has 2 aromatic rings. The van der Waals surface area contributed by atoms with Crippen molar-refractivity contribution in [2.45, 2.75) is 30.4 Å². The van der Waals surface area contributed by atoms with Gasteiger partial charge >= 0.3 is 0 Å². The lowest BCUT2D eigenvalue weighted by atomic mass is 10.1. The Morgan fingerprint density at radius 2 is 1.82 bits per heavy atom. The highest BCUT2D eigenvalue weighted by Gasteiger charge is 2.28. The second kappa shape index (κ2) is 8.79. The molecule has 0 radical (unpaired) electrons. The van der Waals surface area contributed by atoms with E-state index in [1.165, 1.54) is 11.8 Å². The highest BCUT2D eigenvalue weighted by Crippen LogP contribution is 2.36. The van der Waals surface area contributed by atoms with Crippen molar-refractivity contribution in [1.29, 1.82) is 0 Å². The van der Waals surface area contributed by atoms with E-state index in [1.54, 1.807) is 0 Å². The van der Waals surface area contributed by atoms with Crippen molar-refractivity contribution in [3.8, 4) is 0 Å². The molecule has 1 aliphatic heterocycles. The number of hydrogen-bond donors (Lipinski definition) is 4. The number of para-hydroxylation sites is 1. The Kier molecular flexibility index (Phi) is 6.20. The van der Waals surface area contributed by atoms with Crippen LogP contribution in [0.5, 0.6) is 0 Å². The first-order valence-corrected chi connectivity index (χ1v) is 9.75. The number of hydrogen-bond acceptors (Lipinski definition) is 5. The predicted octanol–water partition coefficient (Wildman–Crippen LogP) is 2.37. The third-order valence-corrected chi connectivity index (χ3v) is 5.52. The van der Waals surface area contributed by atoms with Crippen molar-refractivity contribution < 1.29 is 14.4 Å². The van der Waals surface area contributed by atoms with E-state index in [0.29, 0.717) is 0 Å². The van der Waals surface area contributed by atoms with Gasteiger partial charge in [0.1, 0.15) is 0 Å². The number of thioether (sulfide) groups is 1. The van der Waals surface area contributed by atoms with Gasteiger partial charge in [0.25, 0.3) is 5.91 Å². The van der Waals surface area contributed by atoms with Gasteiger partial charge in [-0.1, -0.05) is 29.8 Å². The molecule has 0 aromatic heterocycles. The standard InChI is InChI=1S/C20H22N4O3S/c1-12-7-8-14(13(2)9-12)21-11-19(26)24-23-18(25)10-17-20(27)22-15-5-3-4-6-16(15)28-17/h3-9,17,21H,10-11H2,1-2H3,(H,22,27)(H,23,25)(H,24,26)/t17-/m1/s1. The lowest BCUT2D eigenvalue weighted by Gasteiger charge is -2.23. The molecule has 1 heterocycles. The molecule has 1 aliphatic rings. The molecule has 0 fully saturated rings. The second-order valence-electron chi connectivity index (χ2n) is 6.56. The first-order chi connectivity index (χ1) is 13.4. The Hall–Kier alpha value is -3.00. The molecule has 0 spiro atoms. The number of rotatable bonds is 5.